The molecule has 1 amide bonds. The van der Waals surface area contributed by atoms with E-state index in [2.05, 4.69) is 0 Å². The van der Waals surface area contributed by atoms with Gasteiger partial charge >= 0.3 is 5.97 Å². The minimum absolute atomic E-state index is 0.0775. The molecule has 0 atom stereocenters. The van der Waals surface area contributed by atoms with Crippen molar-refractivity contribution >= 4 is 11.9 Å². The minimum Gasteiger partial charge on any atom is -0.493 e. The van der Waals surface area contributed by atoms with Gasteiger partial charge in [0.15, 0.2) is 11.5 Å². The number of carboxylic acid groups (broad SMARTS) is 1. The van der Waals surface area contributed by atoms with Crippen molar-refractivity contribution in [2.45, 2.75) is 20.3 Å². The van der Waals surface area contributed by atoms with Gasteiger partial charge < -0.3 is 19.5 Å². The van der Waals surface area contributed by atoms with Crippen molar-refractivity contribution in [2.24, 2.45) is 0 Å². The molecule has 0 unspecified atom stereocenters. The largest absolute Gasteiger partial charge is 0.493 e. The smallest absolute Gasteiger partial charge is 0.305 e. The molecule has 116 valence electrons. The standard InChI is InChI=1S/C15H21NO5/c1-5-16(7-6-14(17)18)15(19)11-9-13(21-4)12(20-3)8-10(11)2/h8-9H,5-7H2,1-4H3,(H,17,18). The molecular formula is C15H21NO5. The van der Waals surface area contributed by atoms with Gasteiger partial charge in [-0.1, -0.05) is 0 Å². The Morgan fingerprint density at radius 2 is 1.76 bits per heavy atom. The van der Waals surface area contributed by atoms with E-state index in [1.54, 1.807) is 19.1 Å². The van der Waals surface area contributed by atoms with Gasteiger partial charge in [-0.2, -0.15) is 0 Å². The maximum absolute atomic E-state index is 12.5. The highest BCUT2D eigenvalue weighted by Crippen LogP contribution is 2.30. The summed E-state index contributed by atoms with van der Waals surface area (Å²) in [6.07, 6.45) is -0.0775. The van der Waals surface area contributed by atoms with E-state index in [-0.39, 0.29) is 18.9 Å². The summed E-state index contributed by atoms with van der Waals surface area (Å²) in [5.74, 6) is -0.108. The number of aliphatic carboxylic acids is 1. The molecule has 1 N–H and O–H groups in total. The van der Waals surface area contributed by atoms with Crippen molar-refractivity contribution in [1.82, 2.24) is 4.90 Å². The van der Waals surface area contributed by atoms with Crippen LogP contribution in [0.2, 0.25) is 0 Å². The summed E-state index contributed by atoms with van der Waals surface area (Å²) in [6, 6.07) is 3.36. The second kappa shape index (κ2) is 7.52. The Morgan fingerprint density at radius 1 is 1.19 bits per heavy atom. The molecule has 0 aliphatic carbocycles. The van der Waals surface area contributed by atoms with Gasteiger partial charge in [-0.3, -0.25) is 9.59 Å². The highest BCUT2D eigenvalue weighted by atomic mass is 16.5. The number of ether oxygens (including phenoxy) is 2. The molecule has 0 radical (unpaired) electrons. The van der Waals surface area contributed by atoms with E-state index in [1.165, 1.54) is 19.1 Å². The number of benzene rings is 1. The molecule has 0 aromatic heterocycles. The van der Waals surface area contributed by atoms with Crippen LogP contribution in [0.5, 0.6) is 11.5 Å². The van der Waals surface area contributed by atoms with E-state index >= 15 is 0 Å². The Kier molecular flexibility index (Phi) is 6.02. The van der Waals surface area contributed by atoms with Crippen molar-refractivity contribution in [2.75, 3.05) is 27.3 Å². The fourth-order valence-corrected chi connectivity index (χ4v) is 2.02. The molecule has 1 aromatic rings. The Balaban J connectivity index is 3.07. The quantitative estimate of drug-likeness (QED) is 0.832. The van der Waals surface area contributed by atoms with Gasteiger partial charge in [-0.15, -0.1) is 0 Å². The fraction of sp³-hybridized carbons (Fsp3) is 0.467. The van der Waals surface area contributed by atoms with E-state index in [1.807, 2.05) is 6.92 Å². The summed E-state index contributed by atoms with van der Waals surface area (Å²) in [5, 5.41) is 8.74. The van der Waals surface area contributed by atoms with Crippen LogP contribution in [0.4, 0.5) is 0 Å². The summed E-state index contributed by atoms with van der Waals surface area (Å²) < 4.78 is 10.4. The van der Waals surface area contributed by atoms with Gasteiger partial charge in [-0.25, -0.2) is 0 Å². The minimum atomic E-state index is -0.926. The Hall–Kier alpha value is -2.24. The zero-order valence-electron chi connectivity index (χ0n) is 12.8. The van der Waals surface area contributed by atoms with Crippen molar-refractivity contribution in [3.63, 3.8) is 0 Å². The third kappa shape index (κ3) is 4.11. The zero-order valence-corrected chi connectivity index (χ0v) is 12.8. The predicted octanol–water partition coefficient (Wildman–Crippen LogP) is 1.95. The monoisotopic (exact) mass is 295 g/mol. The number of carboxylic acids is 1. The van der Waals surface area contributed by atoms with E-state index < -0.39 is 5.97 Å². The van der Waals surface area contributed by atoms with Crippen molar-refractivity contribution < 1.29 is 24.2 Å². The number of nitrogens with zero attached hydrogens (tertiary/aromatic N) is 1. The van der Waals surface area contributed by atoms with Crippen LogP contribution in [0.15, 0.2) is 12.1 Å². The lowest BCUT2D eigenvalue weighted by atomic mass is 10.1. The lowest BCUT2D eigenvalue weighted by molar-refractivity contribution is -0.137. The van der Waals surface area contributed by atoms with Gasteiger partial charge in [0.1, 0.15) is 0 Å². The number of amides is 1. The lowest BCUT2D eigenvalue weighted by Gasteiger charge is -2.22. The van der Waals surface area contributed by atoms with Crippen LogP contribution in [0, 0.1) is 6.92 Å². The second-order valence-electron chi connectivity index (χ2n) is 4.55. The topological polar surface area (TPSA) is 76.1 Å². The van der Waals surface area contributed by atoms with Crippen LogP contribution < -0.4 is 9.47 Å². The van der Waals surface area contributed by atoms with Gasteiger partial charge in [-0.05, 0) is 31.5 Å². The molecule has 1 rings (SSSR count). The van der Waals surface area contributed by atoms with Gasteiger partial charge in [0.2, 0.25) is 0 Å². The molecule has 0 aliphatic heterocycles. The number of hydrogen-bond acceptors (Lipinski definition) is 4. The predicted molar refractivity (Wildman–Crippen MR) is 78.1 cm³/mol. The third-order valence-electron chi connectivity index (χ3n) is 3.23. The SMILES string of the molecule is CCN(CCC(=O)O)C(=O)c1cc(OC)c(OC)cc1C. The normalized spacial score (nSPS) is 10.1. The highest BCUT2D eigenvalue weighted by Gasteiger charge is 2.19. The Bertz CT molecular complexity index is 527. The van der Waals surface area contributed by atoms with Gasteiger partial charge in [0, 0.05) is 18.7 Å². The lowest BCUT2D eigenvalue weighted by Crippen LogP contribution is -2.33. The molecule has 6 nitrogen and oxygen atoms in total. The van der Waals surface area contributed by atoms with Crippen LogP contribution in [-0.4, -0.2) is 49.2 Å². The van der Waals surface area contributed by atoms with E-state index in [9.17, 15) is 9.59 Å². The molecule has 21 heavy (non-hydrogen) atoms. The molecule has 0 saturated heterocycles. The number of methoxy groups -OCH3 is 2. The summed E-state index contributed by atoms with van der Waals surface area (Å²) in [4.78, 5) is 24.7. The number of rotatable bonds is 7. The molecule has 0 aliphatic rings. The van der Waals surface area contributed by atoms with Crippen molar-refractivity contribution in [1.29, 1.82) is 0 Å². The van der Waals surface area contributed by atoms with Crippen LogP contribution in [0.25, 0.3) is 0 Å². The molecule has 6 heteroatoms. The molecule has 0 spiro atoms. The Labute approximate surface area is 124 Å². The summed E-state index contributed by atoms with van der Waals surface area (Å²) in [6.45, 7) is 4.24. The molecule has 0 saturated carbocycles. The zero-order chi connectivity index (χ0) is 16.0. The molecule has 0 fully saturated rings. The van der Waals surface area contributed by atoms with E-state index in [4.69, 9.17) is 14.6 Å². The fourth-order valence-electron chi connectivity index (χ4n) is 2.02. The van der Waals surface area contributed by atoms with Crippen LogP contribution >= 0.6 is 0 Å². The number of carbonyl (C=O) groups is 2. The van der Waals surface area contributed by atoms with E-state index in [0.717, 1.165) is 5.56 Å². The maximum Gasteiger partial charge on any atom is 0.305 e. The summed E-state index contributed by atoms with van der Waals surface area (Å²) >= 11 is 0. The molecule has 0 heterocycles. The first-order valence-electron chi connectivity index (χ1n) is 6.68. The van der Waals surface area contributed by atoms with Gasteiger partial charge in [0.25, 0.3) is 5.91 Å². The van der Waals surface area contributed by atoms with Crippen molar-refractivity contribution in [3.8, 4) is 11.5 Å². The van der Waals surface area contributed by atoms with E-state index in [0.29, 0.717) is 23.6 Å². The first-order valence-corrected chi connectivity index (χ1v) is 6.68. The molecule has 0 bridgehead atoms. The first kappa shape index (κ1) is 16.8. The number of hydrogen-bond donors (Lipinski definition) is 1. The number of aryl methyl sites for hydroxylation is 1. The Morgan fingerprint density at radius 3 is 2.24 bits per heavy atom. The summed E-state index contributed by atoms with van der Waals surface area (Å²) in [7, 11) is 3.04. The van der Waals surface area contributed by atoms with Crippen LogP contribution in [0.1, 0.15) is 29.3 Å². The van der Waals surface area contributed by atoms with Gasteiger partial charge in [0.05, 0.1) is 20.6 Å². The average Bonchev–Trinajstić information content (AvgIpc) is 2.46. The summed E-state index contributed by atoms with van der Waals surface area (Å²) in [5.41, 5.74) is 1.24. The molecular weight excluding hydrogens is 274 g/mol. The first-order chi connectivity index (χ1) is 9.94. The van der Waals surface area contributed by atoms with Crippen LogP contribution in [0.3, 0.4) is 0 Å². The number of carbonyl (C=O) groups excluding carboxylic acids is 1. The maximum atomic E-state index is 12.5. The third-order valence-corrected chi connectivity index (χ3v) is 3.23. The van der Waals surface area contributed by atoms with Crippen LogP contribution in [-0.2, 0) is 4.79 Å². The highest BCUT2D eigenvalue weighted by molar-refractivity contribution is 5.96. The molecule has 1 aromatic carbocycles. The average molecular weight is 295 g/mol. The second-order valence-corrected chi connectivity index (χ2v) is 4.55. The van der Waals surface area contributed by atoms with Crippen molar-refractivity contribution in [3.05, 3.63) is 23.3 Å².